The van der Waals surface area contributed by atoms with E-state index in [1.807, 2.05) is 13.8 Å². The van der Waals surface area contributed by atoms with Crippen molar-refractivity contribution in [2.45, 2.75) is 66.2 Å². The van der Waals surface area contributed by atoms with E-state index < -0.39 is 0 Å². The molecule has 0 N–H and O–H groups in total. The summed E-state index contributed by atoms with van der Waals surface area (Å²) < 4.78 is 0. The molecule has 0 spiro atoms. The summed E-state index contributed by atoms with van der Waals surface area (Å²) in [6, 6.07) is 0. The van der Waals surface area contributed by atoms with E-state index in [2.05, 4.69) is 13.8 Å². The summed E-state index contributed by atoms with van der Waals surface area (Å²) >= 11 is 0. The Bertz CT molecular complexity index is 221. The van der Waals surface area contributed by atoms with Gasteiger partial charge in [0.15, 0.2) is 0 Å². The van der Waals surface area contributed by atoms with Gasteiger partial charge in [0.2, 0.25) is 0 Å². The molecular weight excluding hydrogens is 184 g/mol. The van der Waals surface area contributed by atoms with Gasteiger partial charge in [-0.2, -0.15) is 0 Å². The van der Waals surface area contributed by atoms with Gasteiger partial charge in [-0.15, -0.1) is 0 Å². The van der Waals surface area contributed by atoms with Gasteiger partial charge in [-0.25, -0.2) is 0 Å². The number of carbonyl (C=O) groups is 1. The van der Waals surface area contributed by atoms with E-state index >= 15 is 0 Å². The smallest absolute Gasteiger partial charge is 0.136 e. The zero-order chi connectivity index (χ0) is 11.5. The van der Waals surface area contributed by atoms with Crippen LogP contribution < -0.4 is 0 Å². The fourth-order valence-electron chi connectivity index (χ4n) is 3.40. The maximum absolute atomic E-state index is 11.8. The predicted octanol–water partition coefficient (Wildman–Crippen LogP) is 4.21. The molecule has 2 saturated carbocycles. The number of ketones is 1. The molecule has 0 heterocycles. The summed E-state index contributed by atoms with van der Waals surface area (Å²) in [4.78, 5) is 11.8. The van der Waals surface area contributed by atoms with E-state index in [0.29, 0.717) is 17.1 Å². The van der Waals surface area contributed by atoms with Gasteiger partial charge >= 0.3 is 0 Å². The lowest BCUT2D eigenvalue weighted by Crippen LogP contribution is -2.44. The van der Waals surface area contributed by atoms with Crippen molar-refractivity contribution in [1.82, 2.24) is 0 Å². The average molecular weight is 210 g/mol. The highest BCUT2D eigenvalue weighted by molar-refractivity contribution is 5.82. The maximum Gasteiger partial charge on any atom is 0.136 e. The van der Waals surface area contributed by atoms with Crippen molar-refractivity contribution in [3.8, 4) is 0 Å². The largest absolute Gasteiger partial charge is 0.299 e. The molecule has 0 bridgehead atoms. The van der Waals surface area contributed by atoms with Gasteiger partial charge in [-0.05, 0) is 30.6 Å². The second kappa shape index (κ2) is 5.14. The monoisotopic (exact) mass is 210 g/mol. The van der Waals surface area contributed by atoms with Crippen molar-refractivity contribution < 1.29 is 4.79 Å². The molecule has 2 rings (SSSR count). The molecule has 0 aromatic rings. The van der Waals surface area contributed by atoms with Crippen LogP contribution in [0, 0.1) is 17.3 Å². The summed E-state index contributed by atoms with van der Waals surface area (Å²) in [5.74, 6) is 1.72. The summed E-state index contributed by atoms with van der Waals surface area (Å²) in [7, 11) is 0. The van der Waals surface area contributed by atoms with Crippen LogP contribution in [0.15, 0.2) is 0 Å². The Balaban J connectivity index is 0.000000531. The molecule has 0 radical (unpaired) electrons. The third-order valence-corrected chi connectivity index (χ3v) is 4.58. The van der Waals surface area contributed by atoms with Gasteiger partial charge < -0.3 is 0 Å². The molecule has 0 aromatic carbocycles. The number of rotatable bonds is 0. The number of Topliss-reactive ketones (excluding diaryl/α,β-unsaturated/α-hetero) is 1. The highest BCUT2D eigenvalue weighted by Crippen LogP contribution is 2.51. The number of carbonyl (C=O) groups excluding carboxylic acids is 1. The standard InChI is InChI=1S/C12H20O.C2H6/c1-9-5-3-6-10-11(13)7-4-8-12(9,10)2;1-2/h9-10H,3-8H2,1-2H3;1-2H3/t9-,10?,12?;/m0./s1. The van der Waals surface area contributed by atoms with Crippen molar-refractivity contribution in [3.63, 3.8) is 0 Å². The zero-order valence-corrected chi connectivity index (χ0v) is 10.8. The van der Waals surface area contributed by atoms with E-state index in [-0.39, 0.29) is 0 Å². The molecule has 2 fully saturated rings. The van der Waals surface area contributed by atoms with Crippen LogP contribution in [0.25, 0.3) is 0 Å². The van der Waals surface area contributed by atoms with Crippen LogP contribution in [0.4, 0.5) is 0 Å². The molecule has 1 heteroatoms. The number of hydrogen-bond donors (Lipinski definition) is 0. The lowest BCUT2D eigenvalue weighted by molar-refractivity contribution is -0.135. The van der Waals surface area contributed by atoms with Gasteiger partial charge in [0.1, 0.15) is 5.78 Å². The quantitative estimate of drug-likeness (QED) is 0.585. The minimum atomic E-state index is 0.355. The van der Waals surface area contributed by atoms with Crippen molar-refractivity contribution in [2.24, 2.45) is 17.3 Å². The zero-order valence-electron chi connectivity index (χ0n) is 10.8. The summed E-state index contributed by atoms with van der Waals surface area (Å²) in [6.07, 6.45) is 7.04. The predicted molar refractivity (Wildman–Crippen MR) is 64.8 cm³/mol. The molecule has 0 saturated heterocycles. The van der Waals surface area contributed by atoms with E-state index in [1.165, 1.54) is 25.7 Å². The molecule has 88 valence electrons. The first-order valence-electron chi connectivity index (χ1n) is 6.67. The average Bonchev–Trinajstić information content (AvgIpc) is 2.24. The lowest BCUT2D eigenvalue weighted by Gasteiger charge is -2.48. The van der Waals surface area contributed by atoms with E-state index in [0.717, 1.165) is 18.8 Å². The maximum atomic E-state index is 11.8. The van der Waals surface area contributed by atoms with Crippen LogP contribution in [0.1, 0.15) is 66.2 Å². The first-order chi connectivity index (χ1) is 7.14. The Morgan fingerprint density at radius 1 is 1.20 bits per heavy atom. The Labute approximate surface area is 94.6 Å². The highest BCUT2D eigenvalue weighted by Gasteiger charge is 2.46. The SMILES string of the molecule is CC.C[C@H]1CCCC2C(=O)CCCC21C. The Kier molecular flexibility index (Phi) is 4.36. The van der Waals surface area contributed by atoms with Gasteiger partial charge in [-0.3, -0.25) is 4.79 Å². The molecule has 2 aliphatic rings. The molecule has 0 aliphatic heterocycles. The second-order valence-corrected chi connectivity index (χ2v) is 5.21. The number of hydrogen-bond acceptors (Lipinski definition) is 1. The van der Waals surface area contributed by atoms with E-state index in [1.54, 1.807) is 0 Å². The van der Waals surface area contributed by atoms with Gasteiger partial charge in [-0.1, -0.05) is 40.5 Å². The minimum Gasteiger partial charge on any atom is -0.299 e. The highest BCUT2D eigenvalue weighted by atomic mass is 16.1. The van der Waals surface area contributed by atoms with Crippen molar-refractivity contribution in [2.75, 3.05) is 0 Å². The molecule has 3 atom stereocenters. The molecule has 15 heavy (non-hydrogen) atoms. The van der Waals surface area contributed by atoms with E-state index in [9.17, 15) is 4.79 Å². The van der Waals surface area contributed by atoms with E-state index in [4.69, 9.17) is 0 Å². The fraction of sp³-hybridized carbons (Fsp3) is 0.929. The minimum absolute atomic E-state index is 0.355. The van der Waals surface area contributed by atoms with Crippen LogP contribution in [0.2, 0.25) is 0 Å². The van der Waals surface area contributed by atoms with Crippen LogP contribution in [-0.4, -0.2) is 5.78 Å². The first-order valence-corrected chi connectivity index (χ1v) is 6.67. The summed E-state index contributed by atoms with van der Waals surface area (Å²) in [5, 5.41) is 0. The Hall–Kier alpha value is -0.330. The third kappa shape index (κ3) is 2.26. The van der Waals surface area contributed by atoms with Gasteiger partial charge in [0.05, 0.1) is 0 Å². The van der Waals surface area contributed by atoms with Crippen LogP contribution in [-0.2, 0) is 4.79 Å². The molecule has 2 aliphatic carbocycles. The summed E-state index contributed by atoms with van der Waals surface area (Å²) in [5.41, 5.74) is 0.355. The van der Waals surface area contributed by atoms with Gasteiger partial charge in [0, 0.05) is 12.3 Å². The Morgan fingerprint density at radius 2 is 1.87 bits per heavy atom. The molecule has 0 aromatic heterocycles. The van der Waals surface area contributed by atoms with Crippen LogP contribution >= 0.6 is 0 Å². The lowest BCUT2D eigenvalue weighted by atomic mass is 9.56. The molecular formula is C14H26O. The molecule has 2 unspecified atom stereocenters. The molecule has 1 nitrogen and oxygen atoms in total. The van der Waals surface area contributed by atoms with Crippen molar-refractivity contribution in [3.05, 3.63) is 0 Å². The third-order valence-electron chi connectivity index (χ3n) is 4.58. The Morgan fingerprint density at radius 3 is 2.47 bits per heavy atom. The topological polar surface area (TPSA) is 17.1 Å². The van der Waals surface area contributed by atoms with Gasteiger partial charge in [0.25, 0.3) is 0 Å². The first kappa shape index (κ1) is 12.7. The van der Waals surface area contributed by atoms with Crippen LogP contribution in [0.5, 0.6) is 0 Å². The van der Waals surface area contributed by atoms with Crippen molar-refractivity contribution in [1.29, 1.82) is 0 Å². The second-order valence-electron chi connectivity index (χ2n) is 5.21. The summed E-state index contributed by atoms with van der Waals surface area (Å²) in [6.45, 7) is 8.68. The van der Waals surface area contributed by atoms with Crippen LogP contribution in [0.3, 0.4) is 0 Å². The fourth-order valence-corrected chi connectivity index (χ4v) is 3.40. The molecule has 0 amide bonds. The normalized spacial score (nSPS) is 40.1. The number of fused-ring (bicyclic) bond motifs is 1. The van der Waals surface area contributed by atoms with Crippen molar-refractivity contribution >= 4 is 5.78 Å².